The molecule has 0 aromatic carbocycles. The van der Waals surface area contributed by atoms with Crippen LogP contribution in [-0.2, 0) is 13.6 Å². The number of aromatic nitrogens is 9. The summed E-state index contributed by atoms with van der Waals surface area (Å²) in [7, 11) is 6.73. The lowest BCUT2D eigenvalue weighted by Gasteiger charge is -2.06. The third-order valence-corrected chi connectivity index (χ3v) is 9.21. The highest BCUT2D eigenvalue weighted by molar-refractivity contribution is 7.11. The van der Waals surface area contributed by atoms with Crippen molar-refractivity contribution >= 4 is 11.3 Å². The van der Waals surface area contributed by atoms with Crippen molar-refractivity contribution in [1.82, 2.24) is 44.3 Å². The Balaban J connectivity index is 0.000000367. The maximum atomic E-state index is 5.29. The molecule has 61 heavy (non-hydrogen) atoms. The number of methoxy groups -OCH3 is 3. The van der Waals surface area contributed by atoms with Gasteiger partial charge < -0.3 is 23.4 Å². The Kier molecular flexibility index (Phi) is 25.7. The van der Waals surface area contributed by atoms with Gasteiger partial charge in [0.05, 0.1) is 50.7 Å². The molecule has 340 valence electrons. The summed E-state index contributed by atoms with van der Waals surface area (Å²) in [4.78, 5) is 12.6. The smallest absolute Gasteiger partial charge is 0.393 e. The molecule has 14 nitrogen and oxygen atoms in total. The summed E-state index contributed by atoms with van der Waals surface area (Å²) in [5.74, 6) is 3.86. The molecule has 6 heterocycles. The number of pyridine rings is 1. The van der Waals surface area contributed by atoms with E-state index in [-0.39, 0.29) is 0 Å². The zero-order chi connectivity index (χ0) is 46.1. The van der Waals surface area contributed by atoms with Gasteiger partial charge in [-0.2, -0.15) is 15.2 Å². The number of nitrogens with zero attached hydrogens (tertiary/aromatic N) is 9. The van der Waals surface area contributed by atoms with E-state index in [4.69, 9.17) is 23.4 Å². The fourth-order valence-corrected chi connectivity index (χ4v) is 5.36. The number of oxazole rings is 1. The van der Waals surface area contributed by atoms with E-state index in [1.165, 1.54) is 12.8 Å². The molecule has 0 bridgehead atoms. The minimum atomic E-state index is 0.337. The van der Waals surface area contributed by atoms with Gasteiger partial charge in [-0.25, -0.2) is 9.97 Å². The molecule has 6 aromatic heterocycles. The first kappa shape index (κ1) is 53.8. The molecule has 0 aliphatic carbocycles. The van der Waals surface area contributed by atoms with Crippen molar-refractivity contribution in [2.45, 2.75) is 139 Å². The summed E-state index contributed by atoms with van der Waals surface area (Å²) in [6.07, 6.45) is 7.85. The van der Waals surface area contributed by atoms with Gasteiger partial charge in [-0.15, -0.1) is 5.10 Å². The minimum Gasteiger partial charge on any atom is -0.480 e. The quantitative estimate of drug-likeness (QED) is 0.116. The van der Waals surface area contributed by atoms with E-state index < -0.39 is 0 Å². The van der Waals surface area contributed by atoms with Gasteiger partial charge in [0.2, 0.25) is 11.8 Å². The van der Waals surface area contributed by atoms with Gasteiger partial charge in [-0.05, 0) is 75.5 Å². The first-order chi connectivity index (χ1) is 28.9. The predicted octanol–water partition coefficient (Wildman–Crippen LogP) is 11.7. The van der Waals surface area contributed by atoms with Crippen LogP contribution in [-0.4, -0.2) is 72.2 Å². The SMILES string of the molecule is CC(C)c1ccn(C)n1.CCOc1cccc(C(C)C)n1.CCn1ccc(C(C)C)n1.COc1ccn(C(C)C)n1.COc1nc(C(C)C)co1.COc1nc(C(C)C)cs1. The predicted molar refractivity (Wildman–Crippen MR) is 248 cm³/mol. The Bertz CT molecular complexity index is 1800. The van der Waals surface area contributed by atoms with Crippen LogP contribution < -0.4 is 18.9 Å². The number of hydrogen-bond acceptors (Lipinski definition) is 12. The monoisotopic (exact) mass is 866 g/mol. The van der Waals surface area contributed by atoms with Gasteiger partial charge >= 0.3 is 6.08 Å². The van der Waals surface area contributed by atoms with Crippen LogP contribution in [0.15, 0.2) is 71.0 Å². The Morgan fingerprint density at radius 1 is 0.590 bits per heavy atom. The summed E-state index contributed by atoms with van der Waals surface area (Å²) in [5.41, 5.74) is 5.47. The van der Waals surface area contributed by atoms with Gasteiger partial charge in [0.25, 0.3) is 5.19 Å². The van der Waals surface area contributed by atoms with E-state index in [2.05, 4.69) is 126 Å². The lowest BCUT2D eigenvalue weighted by atomic mass is 10.1. The molecule has 0 spiro atoms. The van der Waals surface area contributed by atoms with Crippen LogP contribution in [0.1, 0.15) is 161 Å². The molecular formula is C46H75N9O5S. The van der Waals surface area contributed by atoms with E-state index in [0.29, 0.717) is 54.2 Å². The second-order valence-corrected chi connectivity index (χ2v) is 16.4. The van der Waals surface area contributed by atoms with Gasteiger partial charge in [0.1, 0.15) is 6.26 Å². The molecule has 15 heteroatoms. The zero-order valence-corrected chi connectivity index (χ0v) is 41.0. The van der Waals surface area contributed by atoms with Gasteiger partial charge in [-0.1, -0.05) is 86.6 Å². The first-order valence-electron chi connectivity index (χ1n) is 21.1. The van der Waals surface area contributed by atoms with Crippen molar-refractivity contribution in [1.29, 1.82) is 0 Å². The third kappa shape index (κ3) is 21.3. The second-order valence-electron chi connectivity index (χ2n) is 15.5. The van der Waals surface area contributed by atoms with Crippen LogP contribution in [0, 0.1) is 0 Å². The fraction of sp³-hybridized carbons (Fsp3) is 0.565. The fourth-order valence-electron chi connectivity index (χ4n) is 4.56. The lowest BCUT2D eigenvalue weighted by Crippen LogP contribution is -2.00. The van der Waals surface area contributed by atoms with Crippen LogP contribution in [0.25, 0.3) is 0 Å². The molecule has 6 rings (SSSR count). The largest absolute Gasteiger partial charge is 0.480 e. The molecule has 6 aromatic rings. The Morgan fingerprint density at radius 2 is 1.20 bits per heavy atom. The average Bonchev–Trinajstić information content (AvgIpc) is 4.09. The molecule has 0 N–H and O–H groups in total. The number of thiazole rings is 1. The van der Waals surface area contributed by atoms with Gasteiger partial charge in [0, 0.05) is 61.4 Å². The summed E-state index contributed by atoms with van der Waals surface area (Å²) in [6.45, 7) is 31.0. The molecule has 0 amide bonds. The average molecular weight is 866 g/mol. The molecule has 0 aliphatic rings. The highest BCUT2D eigenvalue weighted by Crippen LogP contribution is 2.22. The first-order valence-corrected chi connectivity index (χ1v) is 22.0. The lowest BCUT2D eigenvalue weighted by molar-refractivity contribution is 0.290. The number of hydrogen-bond donors (Lipinski definition) is 0. The molecule has 0 unspecified atom stereocenters. The van der Waals surface area contributed by atoms with E-state index in [9.17, 15) is 0 Å². The number of ether oxygens (including phenoxy) is 4. The van der Waals surface area contributed by atoms with Crippen molar-refractivity contribution in [2.75, 3.05) is 27.9 Å². The molecule has 0 aliphatic heterocycles. The highest BCUT2D eigenvalue weighted by Gasteiger charge is 2.07. The molecule has 0 atom stereocenters. The maximum absolute atomic E-state index is 5.29. The molecule has 0 saturated carbocycles. The maximum Gasteiger partial charge on any atom is 0.393 e. The van der Waals surface area contributed by atoms with E-state index in [1.54, 1.807) is 31.8 Å². The summed E-state index contributed by atoms with van der Waals surface area (Å²) in [5, 5.41) is 15.5. The third-order valence-electron chi connectivity index (χ3n) is 8.39. The van der Waals surface area contributed by atoms with Gasteiger partial charge in [0.15, 0.2) is 0 Å². The van der Waals surface area contributed by atoms with E-state index >= 15 is 0 Å². The topological polar surface area (TPSA) is 142 Å². The second kappa shape index (κ2) is 29.1. The van der Waals surface area contributed by atoms with Crippen LogP contribution in [0.2, 0.25) is 0 Å². The van der Waals surface area contributed by atoms with E-state index in [1.807, 2.05) is 82.3 Å². The number of aryl methyl sites for hydroxylation is 2. The summed E-state index contributed by atoms with van der Waals surface area (Å²) >= 11 is 1.54. The van der Waals surface area contributed by atoms with Crippen molar-refractivity contribution in [3.8, 4) is 23.0 Å². The van der Waals surface area contributed by atoms with Crippen molar-refractivity contribution in [3.05, 3.63) is 95.1 Å². The highest BCUT2D eigenvalue weighted by atomic mass is 32.1. The van der Waals surface area contributed by atoms with Crippen LogP contribution in [0.3, 0.4) is 0 Å². The molecule has 0 radical (unpaired) electrons. The molecule has 0 saturated heterocycles. The van der Waals surface area contributed by atoms with Crippen molar-refractivity contribution in [2.24, 2.45) is 7.05 Å². The zero-order valence-electron chi connectivity index (χ0n) is 40.2. The minimum absolute atomic E-state index is 0.337. The van der Waals surface area contributed by atoms with Crippen molar-refractivity contribution < 1.29 is 23.4 Å². The normalized spacial score (nSPS) is 10.5. The molecular weight excluding hydrogens is 791 g/mol. The standard InChI is InChI=1S/C10H15NO.C8H14N2.C7H12N2O.C7H12N2.C7H11NO2.C7H11NOS/c1-4-12-10-7-5-6-9(11-10)8(2)3;1-4-10-6-5-8(9-10)7(2)3;1-6(2)9-5-4-7(8-9)10-3;1-6(2)7-4-5-9(3)8-7;2*1-5(2)6-4-10-7(8-6)9-3/h5-8H,4H2,1-3H3;5-7H,4H2,1-3H3;4-6H,1-3H3;4-6H,1-3H3;2*4-5H,1-3H3. The number of rotatable bonds is 12. The molecule has 0 fully saturated rings. The van der Waals surface area contributed by atoms with Crippen molar-refractivity contribution in [3.63, 3.8) is 0 Å². The van der Waals surface area contributed by atoms with Crippen LogP contribution >= 0.6 is 11.3 Å². The Morgan fingerprint density at radius 3 is 1.54 bits per heavy atom. The Hall–Kier alpha value is -5.18. The van der Waals surface area contributed by atoms with Gasteiger partial charge in [-0.3, -0.25) is 14.0 Å². The summed E-state index contributed by atoms with van der Waals surface area (Å²) < 4.78 is 30.5. The van der Waals surface area contributed by atoms with E-state index in [0.717, 1.165) is 40.4 Å². The van der Waals surface area contributed by atoms with Crippen LogP contribution in [0.5, 0.6) is 23.0 Å². The van der Waals surface area contributed by atoms with Crippen LogP contribution in [0.4, 0.5) is 0 Å². The summed E-state index contributed by atoms with van der Waals surface area (Å²) in [6, 6.07) is 12.3. The Labute approximate surface area is 370 Å².